The van der Waals surface area contributed by atoms with Crippen molar-refractivity contribution in [1.29, 1.82) is 0 Å². The van der Waals surface area contributed by atoms with Crippen LogP contribution >= 0.6 is 0 Å². The van der Waals surface area contributed by atoms with Crippen molar-refractivity contribution in [1.82, 2.24) is 0 Å². The molecule has 3 unspecified atom stereocenters. The van der Waals surface area contributed by atoms with Crippen LogP contribution in [0.4, 0.5) is 0 Å². The summed E-state index contributed by atoms with van der Waals surface area (Å²) in [5.74, 6) is 0. The lowest BCUT2D eigenvalue weighted by atomic mass is 10.2. The van der Waals surface area contributed by atoms with Crippen LogP contribution in [0.5, 0.6) is 0 Å². The molecule has 0 amide bonds. The van der Waals surface area contributed by atoms with Crippen LogP contribution in [0.1, 0.15) is 55.4 Å². The van der Waals surface area contributed by atoms with Crippen molar-refractivity contribution in [2.75, 3.05) is 13.2 Å². The molecule has 3 atom stereocenters. The fourth-order valence-electron chi connectivity index (χ4n) is 4.10. The molecule has 0 aromatic heterocycles. The molecule has 2 aliphatic rings. The van der Waals surface area contributed by atoms with Gasteiger partial charge < -0.3 is 22.8 Å². The van der Waals surface area contributed by atoms with Crippen LogP contribution in [-0.2, 0) is 17.7 Å². The Bertz CT molecular complexity index is 411. The summed E-state index contributed by atoms with van der Waals surface area (Å²) in [4.78, 5) is 0. The zero-order valence-electron chi connectivity index (χ0n) is 16.5. The van der Waals surface area contributed by atoms with E-state index in [1.54, 1.807) is 0 Å². The SMILES string of the molecule is CC(C)[Si]1(C(C)C)OCC2OCC(O)C2O[Si](C(C)C)(C(C)C)O1. The van der Waals surface area contributed by atoms with Gasteiger partial charge in [-0.3, -0.25) is 0 Å². The number of hydrogen-bond acceptors (Lipinski definition) is 5. The Balaban J connectivity index is 2.51. The van der Waals surface area contributed by atoms with Gasteiger partial charge in [0.2, 0.25) is 0 Å². The molecule has 24 heavy (non-hydrogen) atoms. The molecule has 142 valence electrons. The van der Waals surface area contributed by atoms with Crippen LogP contribution in [-0.4, -0.2) is 53.8 Å². The number of aliphatic hydroxyl groups is 1. The van der Waals surface area contributed by atoms with E-state index in [4.69, 9.17) is 17.7 Å². The Morgan fingerprint density at radius 3 is 1.75 bits per heavy atom. The molecule has 0 saturated carbocycles. The second-order valence-corrected chi connectivity index (χ2v) is 17.3. The molecule has 0 radical (unpaired) electrons. The maximum atomic E-state index is 10.4. The fourth-order valence-corrected chi connectivity index (χ4v) is 15.3. The highest BCUT2D eigenvalue weighted by Crippen LogP contribution is 2.46. The molecule has 2 heterocycles. The molecule has 7 heteroatoms. The van der Waals surface area contributed by atoms with Crippen molar-refractivity contribution in [3.05, 3.63) is 0 Å². The second-order valence-electron chi connectivity index (χ2n) is 8.50. The van der Waals surface area contributed by atoms with E-state index >= 15 is 0 Å². The Kier molecular flexibility index (Phi) is 6.39. The summed E-state index contributed by atoms with van der Waals surface area (Å²) in [6, 6.07) is 0. The van der Waals surface area contributed by atoms with E-state index in [9.17, 15) is 5.11 Å². The molecular formula is C17H36O5Si2. The van der Waals surface area contributed by atoms with Gasteiger partial charge in [-0.25, -0.2) is 0 Å². The van der Waals surface area contributed by atoms with Crippen LogP contribution in [0, 0.1) is 0 Å². The molecule has 0 bridgehead atoms. The van der Waals surface area contributed by atoms with Crippen LogP contribution in [0.3, 0.4) is 0 Å². The standard InChI is InChI=1S/C17H36O5Si2/c1-11(2)23(12(3)4)20-10-16-17(15(18)9-19-16)21-24(22-23,13(5)6)14(7)8/h11-18H,9-10H2,1-8H3. The summed E-state index contributed by atoms with van der Waals surface area (Å²) in [5.41, 5.74) is 1.20. The van der Waals surface area contributed by atoms with Gasteiger partial charge in [0.05, 0.1) is 13.2 Å². The normalized spacial score (nSPS) is 33.1. The monoisotopic (exact) mass is 376 g/mol. The predicted octanol–water partition coefficient (Wildman–Crippen LogP) is 3.70. The Morgan fingerprint density at radius 1 is 0.792 bits per heavy atom. The average molecular weight is 377 g/mol. The van der Waals surface area contributed by atoms with Crippen molar-refractivity contribution < 1.29 is 22.8 Å². The van der Waals surface area contributed by atoms with E-state index in [2.05, 4.69) is 55.4 Å². The molecule has 2 rings (SSSR count). The van der Waals surface area contributed by atoms with Crippen molar-refractivity contribution in [3.8, 4) is 0 Å². The summed E-state index contributed by atoms with van der Waals surface area (Å²) in [5, 5.41) is 10.4. The van der Waals surface area contributed by atoms with Gasteiger partial charge in [-0.2, -0.15) is 0 Å². The molecule has 2 saturated heterocycles. The summed E-state index contributed by atoms with van der Waals surface area (Å²) in [6.45, 7) is 18.3. The zero-order valence-corrected chi connectivity index (χ0v) is 18.5. The number of rotatable bonds is 4. The first-order valence-corrected chi connectivity index (χ1v) is 13.3. The molecule has 0 aromatic rings. The van der Waals surface area contributed by atoms with Gasteiger partial charge in [0.1, 0.15) is 18.3 Å². The average Bonchev–Trinajstić information content (AvgIpc) is 2.77. The number of hydrogen-bond donors (Lipinski definition) is 1. The lowest BCUT2D eigenvalue weighted by Gasteiger charge is -2.51. The minimum atomic E-state index is -2.61. The maximum absolute atomic E-state index is 10.4. The molecule has 2 fully saturated rings. The summed E-state index contributed by atoms with van der Waals surface area (Å²) in [6.07, 6.45) is -1.13. The largest absolute Gasteiger partial charge is 0.414 e. The van der Waals surface area contributed by atoms with Crippen LogP contribution < -0.4 is 0 Å². The molecule has 0 spiro atoms. The number of fused-ring (bicyclic) bond motifs is 1. The van der Waals surface area contributed by atoms with Gasteiger partial charge in [-0.05, 0) is 22.2 Å². The van der Waals surface area contributed by atoms with Crippen molar-refractivity contribution in [3.63, 3.8) is 0 Å². The van der Waals surface area contributed by atoms with Gasteiger partial charge in [0, 0.05) is 0 Å². The highest BCUT2D eigenvalue weighted by molar-refractivity contribution is 6.83. The second kappa shape index (κ2) is 7.46. The Hall–Kier alpha value is 0.234. The van der Waals surface area contributed by atoms with E-state index in [-0.39, 0.29) is 23.3 Å². The van der Waals surface area contributed by atoms with Crippen molar-refractivity contribution in [2.45, 2.75) is 95.9 Å². The quantitative estimate of drug-likeness (QED) is 0.758. The summed E-state index contributed by atoms with van der Waals surface area (Å²) < 4.78 is 26.1. The third-order valence-corrected chi connectivity index (χ3v) is 15.8. The first kappa shape index (κ1) is 20.5. The van der Waals surface area contributed by atoms with Crippen LogP contribution in [0.15, 0.2) is 0 Å². The highest BCUT2D eigenvalue weighted by atomic mass is 28.5. The van der Waals surface area contributed by atoms with Gasteiger partial charge in [-0.1, -0.05) is 55.4 Å². The summed E-state index contributed by atoms with van der Waals surface area (Å²) >= 11 is 0. The van der Waals surface area contributed by atoms with Gasteiger partial charge >= 0.3 is 17.1 Å². The first-order chi connectivity index (χ1) is 11.1. The van der Waals surface area contributed by atoms with Crippen molar-refractivity contribution in [2.24, 2.45) is 0 Å². The summed E-state index contributed by atoms with van der Waals surface area (Å²) in [7, 11) is -5.10. The van der Waals surface area contributed by atoms with E-state index < -0.39 is 23.2 Å². The van der Waals surface area contributed by atoms with Crippen molar-refractivity contribution >= 4 is 17.1 Å². The minimum Gasteiger partial charge on any atom is -0.414 e. The van der Waals surface area contributed by atoms with E-state index in [0.29, 0.717) is 24.3 Å². The fraction of sp³-hybridized carbons (Fsp3) is 1.00. The lowest BCUT2D eigenvalue weighted by Crippen LogP contribution is -2.65. The topological polar surface area (TPSA) is 57.2 Å². The lowest BCUT2D eigenvalue weighted by molar-refractivity contribution is -0.0301. The Morgan fingerprint density at radius 2 is 1.29 bits per heavy atom. The molecular weight excluding hydrogens is 340 g/mol. The predicted molar refractivity (Wildman–Crippen MR) is 99.6 cm³/mol. The van der Waals surface area contributed by atoms with E-state index in [1.165, 1.54) is 0 Å². The molecule has 0 aliphatic carbocycles. The highest BCUT2D eigenvalue weighted by Gasteiger charge is 2.60. The Labute approximate surface area is 149 Å². The van der Waals surface area contributed by atoms with Gasteiger partial charge in [0.25, 0.3) is 0 Å². The van der Waals surface area contributed by atoms with Crippen LogP contribution in [0.25, 0.3) is 0 Å². The number of aliphatic hydroxyl groups excluding tert-OH is 1. The molecule has 1 N–H and O–H groups in total. The third kappa shape index (κ3) is 3.41. The van der Waals surface area contributed by atoms with Gasteiger partial charge in [-0.15, -0.1) is 0 Å². The maximum Gasteiger partial charge on any atom is 0.335 e. The van der Waals surface area contributed by atoms with E-state index in [0.717, 1.165) is 0 Å². The zero-order chi connectivity index (χ0) is 18.3. The molecule has 2 aliphatic heterocycles. The van der Waals surface area contributed by atoms with Crippen LogP contribution in [0.2, 0.25) is 22.2 Å². The van der Waals surface area contributed by atoms with E-state index in [1.807, 2.05) is 0 Å². The first-order valence-electron chi connectivity index (χ1n) is 9.38. The molecule has 0 aromatic carbocycles. The minimum absolute atomic E-state index is 0.197. The smallest absolute Gasteiger partial charge is 0.335 e. The van der Waals surface area contributed by atoms with Gasteiger partial charge in [0.15, 0.2) is 0 Å². The number of ether oxygens (including phenoxy) is 1. The third-order valence-electron chi connectivity index (χ3n) is 5.56. The molecule has 5 nitrogen and oxygen atoms in total.